The Morgan fingerprint density at radius 1 is 1.09 bits per heavy atom. The zero-order valence-electron chi connectivity index (χ0n) is 17.9. The number of hydrazine groups is 1. The second-order valence-corrected chi connectivity index (χ2v) is 9.37. The molecular formula is C20H22N6O5S2. The van der Waals surface area contributed by atoms with Gasteiger partial charge in [-0.1, -0.05) is 18.2 Å². The number of sulfonamides is 1. The second kappa shape index (κ2) is 10.3. The fourth-order valence-electron chi connectivity index (χ4n) is 2.65. The van der Waals surface area contributed by atoms with Gasteiger partial charge in [-0.25, -0.2) is 23.4 Å². The molecule has 0 unspecified atom stereocenters. The van der Waals surface area contributed by atoms with E-state index in [1.165, 1.54) is 31.4 Å². The number of hydrogen-bond acceptors (Lipinski definition) is 9. The monoisotopic (exact) mass is 490 g/mol. The first-order valence-electron chi connectivity index (χ1n) is 9.66. The summed E-state index contributed by atoms with van der Waals surface area (Å²) in [6.45, 7) is 3.64. The minimum absolute atomic E-state index is 0.0427. The summed E-state index contributed by atoms with van der Waals surface area (Å²) in [6.07, 6.45) is 0. The average Bonchev–Trinajstić information content (AvgIpc) is 3.26. The summed E-state index contributed by atoms with van der Waals surface area (Å²) >= 11 is 0.971. The number of nitrogens with zero attached hydrogens (tertiary/aromatic N) is 2. The van der Waals surface area contributed by atoms with Crippen LogP contribution < -0.4 is 25.6 Å². The van der Waals surface area contributed by atoms with Gasteiger partial charge in [0.1, 0.15) is 10.6 Å². The molecule has 0 saturated heterocycles. The van der Waals surface area contributed by atoms with Gasteiger partial charge in [0.25, 0.3) is 15.9 Å². The van der Waals surface area contributed by atoms with Crippen LogP contribution in [0.3, 0.4) is 0 Å². The van der Waals surface area contributed by atoms with Gasteiger partial charge in [-0.15, -0.1) is 0 Å². The Labute approximate surface area is 194 Å². The summed E-state index contributed by atoms with van der Waals surface area (Å²) in [5.74, 6) is -0.498. The first-order chi connectivity index (χ1) is 15.7. The Bertz CT molecular complexity index is 1240. The van der Waals surface area contributed by atoms with Crippen LogP contribution >= 0.6 is 11.5 Å². The van der Waals surface area contributed by atoms with Crippen molar-refractivity contribution in [1.82, 2.24) is 24.8 Å². The molecule has 0 spiro atoms. The van der Waals surface area contributed by atoms with Crippen LogP contribution in [-0.4, -0.2) is 42.9 Å². The van der Waals surface area contributed by atoms with E-state index in [-0.39, 0.29) is 28.1 Å². The molecule has 0 atom stereocenters. The van der Waals surface area contributed by atoms with Crippen LogP contribution in [0, 0.1) is 0 Å². The Balaban J connectivity index is 1.82. The Morgan fingerprint density at radius 2 is 1.82 bits per heavy atom. The molecule has 0 fully saturated rings. The minimum Gasteiger partial charge on any atom is -0.495 e. The number of rotatable bonds is 8. The number of carbonyl (C=O) groups excluding carboxylic acids is 2. The number of nitrogens with one attached hydrogen (secondary N) is 4. The molecule has 0 bridgehead atoms. The highest BCUT2D eigenvalue weighted by Crippen LogP contribution is 2.30. The predicted molar refractivity (Wildman–Crippen MR) is 123 cm³/mol. The lowest BCUT2D eigenvalue weighted by Gasteiger charge is -2.12. The van der Waals surface area contributed by atoms with Crippen molar-refractivity contribution in [2.24, 2.45) is 0 Å². The van der Waals surface area contributed by atoms with Crippen molar-refractivity contribution in [3.05, 3.63) is 54.1 Å². The third kappa shape index (κ3) is 6.17. The lowest BCUT2D eigenvalue weighted by atomic mass is 10.2. The SMILES string of the molecule is COc1ccc(-c2nsc(NNC(=O)NC(C)C)n2)cc1S(=O)(=O)NC(=O)c1ccccc1. The molecule has 0 aliphatic rings. The number of amides is 3. The van der Waals surface area contributed by atoms with Crippen LogP contribution in [0.2, 0.25) is 0 Å². The Hall–Kier alpha value is -3.71. The molecule has 1 aromatic heterocycles. The molecule has 174 valence electrons. The molecule has 4 N–H and O–H groups in total. The van der Waals surface area contributed by atoms with Crippen molar-refractivity contribution in [3.63, 3.8) is 0 Å². The van der Waals surface area contributed by atoms with Gasteiger partial charge < -0.3 is 10.1 Å². The summed E-state index contributed by atoms with van der Waals surface area (Å²) < 4.78 is 37.3. The number of hydrogen-bond donors (Lipinski definition) is 4. The van der Waals surface area contributed by atoms with Gasteiger partial charge in [-0.05, 0) is 44.2 Å². The van der Waals surface area contributed by atoms with Crippen LogP contribution in [0.15, 0.2) is 53.4 Å². The van der Waals surface area contributed by atoms with Gasteiger partial charge in [0.2, 0.25) is 5.13 Å². The minimum atomic E-state index is -4.26. The van der Waals surface area contributed by atoms with Gasteiger partial charge in [-0.2, -0.15) is 9.36 Å². The van der Waals surface area contributed by atoms with E-state index in [0.717, 1.165) is 11.5 Å². The van der Waals surface area contributed by atoms with E-state index in [9.17, 15) is 18.0 Å². The molecule has 11 nitrogen and oxygen atoms in total. The van der Waals surface area contributed by atoms with Crippen molar-refractivity contribution in [2.45, 2.75) is 24.8 Å². The third-order valence-electron chi connectivity index (χ3n) is 4.10. The number of methoxy groups -OCH3 is 1. The molecule has 3 rings (SSSR count). The van der Waals surface area contributed by atoms with Crippen molar-refractivity contribution in [1.29, 1.82) is 0 Å². The van der Waals surface area contributed by atoms with Crippen molar-refractivity contribution < 1.29 is 22.7 Å². The zero-order valence-corrected chi connectivity index (χ0v) is 19.6. The molecule has 13 heteroatoms. The van der Waals surface area contributed by atoms with Crippen molar-refractivity contribution >= 4 is 38.6 Å². The lowest BCUT2D eigenvalue weighted by molar-refractivity contribution is 0.0981. The van der Waals surface area contributed by atoms with Crippen LogP contribution in [0.25, 0.3) is 11.4 Å². The Kier molecular flexibility index (Phi) is 7.45. The highest BCUT2D eigenvalue weighted by molar-refractivity contribution is 7.90. The third-order valence-corrected chi connectivity index (χ3v) is 6.09. The average molecular weight is 491 g/mol. The zero-order chi connectivity index (χ0) is 24.0. The van der Waals surface area contributed by atoms with Crippen LogP contribution in [0.4, 0.5) is 9.93 Å². The summed E-state index contributed by atoms with van der Waals surface area (Å²) in [6, 6.07) is 11.8. The highest BCUT2D eigenvalue weighted by atomic mass is 32.2. The van der Waals surface area contributed by atoms with Crippen LogP contribution in [0.1, 0.15) is 24.2 Å². The van der Waals surface area contributed by atoms with Crippen LogP contribution in [0.5, 0.6) is 5.75 Å². The molecule has 2 aromatic carbocycles. The van der Waals surface area contributed by atoms with Crippen molar-refractivity contribution in [3.8, 4) is 17.1 Å². The topological polar surface area (TPSA) is 151 Å². The van der Waals surface area contributed by atoms with Crippen molar-refractivity contribution in [2.75, 3.05) is 12.5 Å². The predicted octanol–water partition coefficient (Wildman–Crippen LogP) is 2.37. The highest BCUT2D eigenvalue weighted by Gasteiger charge is 2.24. The number of carbonyl (C=O) groups is 2. The number of urea groups is 1. The fraction of sp³-hybridized carbons (Fsp3) is 0.200. The summed E-state index contributed by atoms with van der Waals surface area (Å²) in [7, 11) is -2.94. The van der Waals surface area contributed by atoms with E-state index in [1.807, 2.05) is 18.6 Å². The number of ether oxygens (including phenoxy) is 1. The quantitative estimate of drug-likeness (QED) is 0.351. The Morgan fingerprint density at radius 3 is 2.48 bits per heavy atom. The van der Waals surface area contributed by atoms with Gasteiger partial charge in [0.15, 0.2) is 5.82 Å². The second-order valence-electron chi connectivity index (χ2n) is 6.97. The number of aromatic nitrogens is 2. The number of anilines is 1. The van der Waals surface area contributed by atoms with E-state index in [2.05, 4.69) is 25.5 Å². The normalized spacial score (nSPS) is 11.0. The molecule has 1 heterocycles. The maximum atomic E-state index is 12.9. The number of benzene rings is 2. The molecule has 3 aromatic rings. The molecule has 0 radical (unpaired) electrons. The molecule has 0 aliphatic heterocycles. The van der Waals surface area contributed by atoms with Gasteiger partial charge in [0, 0.05) is 28.7 Å². The maximum Gasteiger partial charge on any atom is 0.333 e. The largest absolute Gasteiger partial charge is 0.495 e. The first-order valence-corrected chi connectivity index (χ1v) is 11.9. The van der Waals surface area contributed by atoms with E-state index in [0.29, 0.717) is 10.7 Å². The van der Waals surface area contributed by atoms with Crippen LogP contribution in [-0.2, 0) is 10.0 Å². The van der Waals surface area contributed by atoms with E-state index >= 15 is 0 Å². The fourth-order valence-corrected chi connectivity index (χ4v) is 4.36. The van der Waals surface area contributed by atoms with E-state index in [1.54, 1.807) is 24.3 Å². The molecule has 33 heavy (non-hydrogen) atoms. The summed E-state index contributed by atoms with van der Waals surface area (Å²) in [5.41, 5.74) is 5.64. The molecule has 3 amide bonds. The molecule has 0 saturated carbocycles. The van der Waals surface area contributed by atoms with Gasteiger partial charge in [-0.3, -0.25) is 10.2 Å². The maximum absolute atomic E-state index is 12.9. The molecule has 0 aliphatic carbocycles. The molecular weight excluding hydrogens is 468 g/mol. The van der Waals surface area contributed by atoms with Gasteiger partial charge >= 0.3 is 6.03 Å². The smallest absolute Gasteiger partial charge is 0.333 e. The summed E-state index contributed by atoms with van der Waals surface area (Å²) in [5, 5.41) is 2.94. The summed E-state index contributed by atoms with van der Waals surface area (Å²) in [4.78, 5) is 28.1. The first kappa shape index (κ1) is 23.9. The van der Waals surface area contributed by atoms with Gasteiger partial charge in [0.05, 0.1) is 7.11 Å². The van der Waals surface area contributed by atoms with E-state index in [4.69, 9.17) is 4.74 Å². The lowest BCUT2D eigenvalue weighted by Crippen LogP contribution is -2.42. The van der Waals surface area contributed by atoms with E-state index < -0.39 is 22.0 Å². The standard InChI is InChI=1S/C20H22N6O5S2/c1-12(2)21-19(28)23-24-20-22-17(25-32-20)14-9-10-15(31-3)16(11-14)33(29,30)26-18(27)13-7-5-4-6-8-13/h4-12H,1-3H3,(H,26,27)(H2,21,23,28)(H,22,24,25).